The van der Waals surface area contributed by atoms with E-state index in [4.69, 9.17) is 28.9 Å². The highest BCUT2D eigenvalue weighted by atomic mass is 35.5. The van der Waals surface area contributed by atoms with E-state index in [9.17, 15) is 4.79 Å². The van der Waals surface area contributed by atoms with Crippen LogP contribution < -0.4 is 5.73 Å². The number of nitrogen functional groups attached to an aromatic ring is 1. The molecule has 2 nitrogen and oxygen atoms in total. The zero-order valence-corrected chi connectivity index (χ0v) is 10.3. The van der Waals surface area contributed by atoms with Gasteiger partial charge in [0.2, 0.25) is 0 Å². The van der Waals surface area contributed by atoms with Crippen molar-refractivity contribution < 1.29 is 4.79 Å². The fourth-order valence-electron chi connectivity index (χ4n) is 1.50. The molecule has 0 amide bonds. The lowest BCUT2D eigenvalue weighted by Crippen LogP contribution is -2.05. The van der Waals surface area contributed by atoms with Gasteiger partial charge in [0.25, 0.3) is 0 Å². The molecule has 0 saturated heterocycles. The number of anilines is 1. The van der Waals surface area contributed by atoms with Crippen LogP contribution in [0.5, 0.6) is 0 Å². The summed E-state index contributed by atoms with van der Waals surface area (Å²) in [7, 11) is 0. The predicted octanol–water partition coefficient (Wildman–Crippen LogP) is 3.81. The minimum absolute atomic E-state index is 0.143. The van der Waals surface area contributed by atoms with E-state index in [1.54, 1.807) is 42.5 Å². The van der Waals surface area contributed by atoms with E-state index in [1.165, 1.54) is 0 Å². The van der Waals surface area contributed by atoms with Gasteiger partial charge in [-0.15, -0.1) is 0 Å². The summed E-state index contributed by atoms with van der Waals surface area (Å²) in [5.74, 6) is -0.143. The fourth-order valence-corrected chi connectivity index (χ4v) is 1.80. The highest BCUT2D eigenvalue weighted by molar-refractivity contribution is 6.31. The van der Waals surface area contributed by atoms with Crippen LogP contribution in [0, 0.1) is 0 Å². The highest BCUT2D eigenvalue weighted by Crippen LogP contribution is 2.21. The van der Waals surface area contributed by atoms with Crippen molar-refractivity contribution >= 4 is 34.7 Å². The minimum Gasteiger partial charge on any atom is -0.398 e. The van der Waals surface area contributed by atoms with Gasteiger partial charge in [-0.25, -0.2) is 0 Å². The van der Waals surface area contributed by atoms with Gasteiger partial charge < -0.3 is 5.73 Å². The number of rotatable bonds is 2. The van der Waals surface area contributed by atoms with Gasteiger partial charge in [-0.2, -0.15) is 0 Å². The summed E-state index contributed by atoms with van der Waals surface area (Å²) in [5.41, 5.74) is 7.12. The molecule has 0 fully saturated rings. The average Bonchev–Trinajstić information content (AvgIpc) is 2.29. The highest BCUT2D eigenvalue weighted by Gasteiger charge is 2.12. The van der Waals surface area contributed by atoms with Crippen molar-refractivity contribution in [2.24, 2.45) is 0 Å². The molecule has 0 atom stereocenters. The Morgan fingerprint density at radius 3 is 2.12 bits per heavy atom. The third-order valence-electron chi connectivity index (χ3n) is 2.36. The standard InChI is InChI=1S/C13H9Cl2NO/c14-9-3-1-8(2-4-9)13(17)11-6-5-10(15)7-12(11)16/h1-7H,16H2. The normalized spacial score (nSPS) is 10.2. The molecule has 2 aromatic rings. The number of halogens is 2. The van der Waals surface area contributed by atoms with Crippen LogP contribution in [0.2, 0.25) is 10.0 Å². The molecule has 0 spiro atoms. The molecule has 0 aliphatic heterocycles. The number of carbonyl (C=O) groups excluding carboxylic acids is 1. The van der Waals surface area contributed by atoms with Crippen LogP contribution in [-0.4, -0.2) is 5.78 Å². The molecular formula is C13H9Cl2NO. The van der Waals surface area contributed by atoms with Crippen LogP contribution in [0.25, 0.3) is 0 Å². The lowest BCUT2D eigenvalue weighted by atomic mass is 10.0. The largest absolute Gasteiger partial charge is 0.398 e. The second kappa shape index (κ2) is 4.78. The maximum Gasteiger partial charge on any atom is 0.195 e. The SMILES string of the molecule is Nc1cc(Cl)ccc1C(=O)c1ccc(Cl)cc1. The maximum atomic E-state index is 12.1. The van der Waals surface area contributed by atoms with Crippen molar-refractivity contribution in [1.82, 2.24) is 0 Å². The lowest BCUT2D eigenvalue weighted by Gasteiger charge is -2.05. The smallest absolute Gasteiger partial charge is 0.195 e. The molecule has 4 heteroatoms. The molecule has 2 aromatic carbocycles. The first-order valence-electron chi connectivity index (χ1n) is 4.93. The van der Waals surface area contributed by atoms with Crippen LogP contribution in [0.1, 0.15) is 15.9 Å². The molecule has 86 valence electrons. The van der Waals surface area contributed by atoms with E-state index >= 15 is 0 Å². The zero-order chi connectivity index (χ0) is 12.4. The van der Waals surface area contributed by atoms with Gasteiger partial charge in [0.1, 0.15) is 0 Å². The van der Waals surface area contributed by atoms with Gasteiger partial charge in [0, 0.05) is 26.9 Å². The van der Waals surface area contributed by atoms with Gasteiger partial charge in [-0.1, -0.05) is 23.2 Å². The Balaban J connectivity index is 2.40. The van der Waals surface area contributed by atoms with Crippen LogP contribution in [0.4, 0.5) is 5.69 Å². The first-order chi connectivity index (χ1) is 8.08. The molecule has 0 aliphatic carbocycles. The third kappa shape index (κ3) is 2.60. The summed E-state index contributed by atoms with van der Waals surface area (Å²) in [6, 6.07) is 11.5. The molecule has 0 aliphatic rings. The number of ketones is 1. The quantitative estimate of drug-likeness (QED) is 0.663. The van der Waals surface area contributed by atoms with Crippen molar-refractivity contribution in [3.63, 3.8) is 0 Å². The Bertz CT molecular complexity index is 564. The number of nitrogens with two attached hydrogens (primary N) is 1. The van der Waals surface area contributed by atoms with E-state index in [0.717, 1.165) is 0 Å². The van der Waals surface area contributed by atoms with Crippen LogP contribution >= 0.6 is 23.2 Å². The third-order valence-corrected chi connectivity index (χ3v) is 2.85. The summed E-state index contributed by atoms with van der Waals surface area (Å²) in [6.45, 7) is 0. The molecule has 2 rings (SSSR count). The molecule has 0 bridgehead atoms. The topological polar surface area (TPSA) is 43.1 Å². The number of benzene rings is 2. The Morgan fingerprint density at radius 2 is 1.53 bits per heavy atom. The van der Waals surface area contributed by atoms with Gasteiger partial charge in [0.05, 0.1) is 0 Å². The summed E-state index contributed by atoms with van der Waals surface area (Å²) in [4.78, 5) is 12.1. The second-order valence-corrected chi connectivity index (χ2v) is 4.44. The fraction of sp³-hybridized carbons (Fsp3) is 0. The van der Waals surface area contributed by atoms with E-state index in [1.807, 2.05) is 0 Å². The van der Waals surface area contributed by atoms with E-state index in [-0.39, 0.29) is 5.78 Å². The molecule has 0 aromatic heterocycles. The van der Waals surface area contributed by atoms with Crippen LogP contribution in [0.15, 0.2) is 42.5 Å². The summed E-state index contributed by atoms with van der Waals surface area (Å²) in [6.07, 6.45) is 0. The van der Waals surface area contributed by atoms with Crippen molar-refractivity contribution in [3.05, 3.63) is 63.6 Å². The lowest BCUT2D eigenvalue weighted by molar-refractivity contribution is 0.103. The van der Waals surface area contributed by atoms with E-state index in [0.29, 0.717) is 26.9 Å². The van der Waals surface area contributed by atoms with Gasteiger partial charge in [-0.3, -0.25) is 4.79 Å². The van der Waals surface area contributed by atoms with Crippen molar-refractivity contribution in [2.75, 3.05) is 5.73 Å². The second-order valence-electron chi connectivity index (χ2n) is 3.57. The molecule has 0 saturated carbocycles. The number of carbonyl (C=O) groups is 1. The Labute approximate surface area is 109 Å². The maximum absolute atomic E-state index is 12.1. The Hall–Kier alpha value is -1.51. The molecular weight excluding hydrogens is 257 g/mol. The number of hydrogen-bond donors (Lipinski definition) is 1. The monoisotopic (exact) mass is 265 g/mol. The minimum atomic E-state index is -0.143. The molecule has 2 N–H and O–H groups in total. The van der Waals surface area contributed by atoms with Gasteiger partial charge in [0.15, 0.2) is 5.78 Å². The van der Waals surface area contributed by atoms with Crippen LogP contribution in [0.3, 0.4) is 0 Å². The molecule has 17 heavy (non-hydrogen) atoms. The predicted molar refractivity (Wildman–Crippen MR) is 70.7 cm³/mol. The van der Waals surface area contributed by atoms with Crippen molar-refractivity contribution in [3.8, 4) is 0 Å². The van der Waals surface area contributed by atoms with Crippen LogP contribution in [-0.2, 0) is 0 Å². The van der Waals surface area contributed by atoms with E-state index < -0.39 is 0 Å². The molecule has 0 heterocycles. The summed E-state index contributed by atoms with van der Waals surface area (Å²) in [5, 5.41) is 1.10. The first-order valence-corrected chi connectivity index (χ1v) is 5.69. The Morgan fingerprint density at radius 1 is 0.941 bits per heavy atom. The first kappa shape index (κ1) is 12.0. The van der Waals surface area contributed by atoms with Crippen molar-refractivity contribution in [2.45, 2.75) is 0 Å². The Kier molecular flexibility index (Phi) is 3.36. The summed E-state index contributed by atoms with van der Waals surface area (Å²) < 4.78 is 0. The summed E-state index contributed by atoms with van der Waals surface area (Å²) >= 11 is 11.5. The van der Waals surface area contributed by atoms with Crippen molar-refractivity contribution in [1.29, 1.82) is 0 Å². The average molecular weight is 266 g/mol. The van der Waals surface area contributed by atoms with E-state index in [2.05, 4.69) is 0 Å². The van der Waals surface area contributed by atoms with Gasteiger partial charge in [-0.05, 0) is 42.5 Å². The molecule has 0 radical (unpaired) electrons. The zero-order valence-electron chi connectivity index (χ0n) is 8.78. The number of hydrogen-bond acceptors (Lipinski definition) is 2. The molecule has 0 unspecified atom stereocenters. The van der Waals surface area contributed by atoms with Gasteiger partial charge >= 0.3 is 0 Å².